The number of nitrogen functional groups attached to an aromatic ring is 1. The monoisotopic (exact) mass is 326 g/mol. The Labute approximate surface area is 128 Å². The Kier molecular flexibility index (Phi) is 4.79. The Morgan fingerprint density at radius 3 is 2.67 bits per heavy atom. The zero-order valence-electron chi connectivity index (χ0n) is 11.2. The third kappa shape index (κ3) is 3.70. The van der Waals surface area contributed by atoms with E-state index in [9.17, 15) is 8.42 Å². The summed E-state index contributed by atoms with van der Waals surface area (Å²) in [7, 11) is -3.70. The van der Waals surface area contributed by atoms with E-state index in [2.05, 4.69) is 15.1 Å². The third-order valence-corrected chi connectivity index (χ3v) is 4.78. The van der Waals surface area contributed by atoms with E-state index in [0.717, 1.165) is 0 Å². The predicted octanol–water partition coefficient (Wildman–Crippen LogP) is 2.06. The first-order valence-corrected chi connectivity index (χ1v) is 7.99. The topological polar surface area (TPSA) is 97.1 Å². The van der Waals surface area contributed by atoms with Crippen LogP contribution in [0.3, 0.4) is 0 Å². The lowest BCUT2D eigenvalue weighted by Crippen LogP contribution is -2.27. The normalized spacial score (nSPS) is 12.9. The van der Waals surface area contributed by atoms with Crippen LogP contribution in [0.25, 0.3) is 0 Å². The van der Waals surface area contributed by atoms with Crippen molar-refractivity contribution < 1.29 is 8.42 Å². The summed E-state index contributed by atoms with van der Waals surface area (Å²) in [6.45, 7) is 1.72. The van der Waals surface area contributed by atoms with Gasteiger partial charge in [0.2, 0.25) is 10.0 Å². The van der Waals surface area contributed by atoms with E-state index in [1.54, 1.807) is 31.2 Å². The smallest absolute Gasteiger partial charge is 0.241 e. The molecule has 0 radical (unpaired) electrons. The molecule has 0 aliphatic carbocycles. The molecule has 2 aromatic rings. The number of hydrogen-bond donors (Lipinski definition) is 3. The highest BCUT2D eigenvalue weighted by Gasteiger charge is 2.20. The summed E-state index contributed by atoms with van der Waals surface area (Å²) in [6, 6.07) is 9.35. The van der Waals surface area contributed by atoms with E-state index in [4.69, 9.17) is 17.4 Å². The largest absolute Gasteiger partial charge is 0.308 e. The highest BCUT2D eigenvalue weighted by molar-refractivity contribution is 7.89. The molecule has 1 atom stereocenters. The van der Waals surface area contributed by atoms with Crippen molar-refractivity contribution in [2.45, 2.75) is 17.9 Å². The maximum Gasteiger partial charge on any atom is 0.241 e. The van der Waals surface area contributed by atoms with Crippen molar-refractivity contribution in [3.05, 3.63) is 53.2 Å². The van der Waals surface area contributed by atoms with Crippen molar-refractivity contribution in [1.82, 2.24) is 9.71 Å². The van der Waals surface area contributed by atoms with Crippen molar-refractivity contribution in [2.75, 3.05) is 5.43 Å². The second kappa shape index (κ2) is 6.40. The molecule has 0 saturated carbocycles. The zero-order valence-corrected chi connectivity index (χ0v) is 12.8. The van der Waals surface area contributed by atoms with Crippen LogP contribution >= 0.6 is 11.6 Å². The van der Waals surface area contributed by atoms with Gasteiger partial charge in [-0.25, -0.2) is 24.0 Å². The minimum atomic E-state index is -3.70. The van der Waals surface area contributed by atoms with Gasteiger partial charge in [0, 0.05) is 23.3 Å². The number of hydrogen-bond acceptors (Lipinski definition) is 5. The van der Waals surface area contributed by atoms with Gasteiger partial charge in [0.05, 0.1) is 4.90 Å². The zero-order chi connectivity index (χ0) is 15.5. The van der Waals surface area contributed by atoms with Crippen LogP contribution in [0.1, 0.15) is 18.5 Å². The lowest BCUT2D eigenvalue weighted by atomic mass is 10.1. The van der Waals surface area contributed by atoms with E-state index < -0.39 is 16.1 Å². The van der Waals surface area contributed by atoms with Gasteiger partial charge in [0.1, 0.15) is 5.82 Å². The maximum atomic E-state index is 12.3. The SMILES string of the molecule is CC(NS(=O)(=O)c1ccnc(NN)c1)c1ccccc1Cl. The fraction of sp³-hybridized carbons (Fsp3) is 0.154. The number of benzene rings is 1. The summed E-state index contributed by atoms with van der Waals surface area (Å²) in [6.07, 6.45) is 1.36. The molecule has 6 nitrogen and oxygen atoms in total. The molecule has 0 spiro atoms. The lowest BCUT2D eigenvalue weighted by Gasteiger charge is -2.16. The van der Waals surface area contributed by atoms with Crippen LogP contribution in [0.4, 0.5) is 5.82 Å². The van der Waals surface area contributed by atoms with Crippen LogP contribution < -0.4 is 16.0 Å². The lowest BCUT2D eigenvalue weighted by molar-refractivity contribution is 0.567. The number of aromatic nitrogens is 1. The number of nitrogens with one attached hydrogen (secondary N) is 2. The summed E-state index contributed by atoms with van der Waals surface area (Å²) >= 11 is 6.07. The summed E-state index contributed by atoms with van der Waals surface area (Å²) < 4.78 is 27.3. The average molecular weight is 327 g/mol. The van der Waals surface area contributed by atoms with Crippen molar-refractivity contribution in [1.29, 1.82) is 0 Å². The number of halogens is 1. The Balaban J connectivity index is 2.27. The minimum absolute atomic E-state index is 0.0735. The number of nitrogens with two attached hydrogens (primary N) is 1. The van der Waals surface area contributed by atoms with Gasteiger partial charge in [-0.05, 0) is 24.6 Å². The fourth-order valence-corrected chi connectivity index (χ4v) is 3.38. The molecule has 8 heteroatoms. The fourth-order valence-electron chi connectivity index (χ4n) is 1.85. The van der Waals surface area contributed by atoms with Crippen molar-refractivity contribution in [3.8, 4) is 0 Å². The number of nitrogens with zero attached hydrogens (tertiary/aromatic N) is 1. The quantitative estimate of drug-likeness (QED) is 0.577. The van der Waals surface area contributed by atoms with E-state index >= 15 is 0 Å². The van der Waals surface area contributed by atoms with Crippen LogP contribution in [-0.4, -0.2) is 13.4 Å². The molecule has 4 N–H and O–H groups in total. The number of anilines is 1. The Morgan fingerprint density at radius 1 is 1.29 bits per heavy atom. The van der Waals surface area contributed by atoms with Gasteiger partial charge in [-0.15, -0.1) is 0 Å². The molecule has 0 aliphatic heterocycles. The number of hydrazine groups is 1. The molecule has 1 aromatic carbocycles. The first-order valence-electron chi connectivity index (χ1n) is 6.13. The van der Waals surface area contributed by atoms with Gasteiger partial charge in [-0.3, -0.25) is 0 Å². The van der Waals surface area contributed by atoms with Gasteiger partial charge in [-0.2, -0.15) is 0 Å². The van der Waals surface area contributed by atoms with Crippen molar-refractivity contribution in [2.24, 2.45) is 5.84 Å². The molecule has 2 rings (SSSR count). The molecule has 0 amide bonds. The molecule has 1 unspecified atom stereocenters. The third-order valence-electron chi connectivity index (χ3n) is 2.89. The molecule has 0 bridgehead atoms. The summed E-state index contributed by atoms with van der Waals surface area (Å²) in [5.41, 5.74) is 3.01. The van der Waals surface area contributed by atoms with E-state index in [1.165, 1.54) is 18.3 Å². The van der Waals surface area contributed by atoms with Gasteiger partial charge < -0.3 is 5.43 Å². The Morgan fingerprint density at radius 2 is 2.00 bits per heavy atom. The molecule has 21 heavy (non-hydrogen) atoms. The Bertz CT molecular complexity index is 736. The molecular formula is C13H15ClN4O2S. The standard InChI is InChI=1S/C13H15ClN4O2S/c1-9(11-4-2-3-5-12(11)14)18-21(19,20)10-6-7-16-13(8-10)17-15/h2-9,18H,15H2,1H3,(H,16,17). The predicted molar refractivity (Wildman–Crippen MR) is 82.2 cm³/mol. The van der Waals surface area contributed by atoms with Crippen LogP contribution in [0, 0.1) is 0 Å². The molecular weight excluding hydrogens is 312 g/mol. The summed E-state index contributed by atoms with van der Waals surface area (Å²) in [5, 5.41) is 0.506. The minimum Gasteiger partial charge on any atom is -0.308 e. The first kappa shape index (κ1) is 15.7. The van der Waals surface area contributed by atoms with Crippen molar-refractivity contribution in [3.63, 3.8) is 0 Å². The second-order valence-corrected chi connectivity index (χ2v) is 6.51. The number of rotatable bonds is 5. The highest BCUT2D eigenvalue weighted by atomic mass is 35.5. The van der Waals surface area contributed by atoms with Crippen LogP contribution in [0.5, 0.6) is 0 Å². The summed E-state index contributed by atoms with van der Waals surface area (Å²) in [4.78, 5) is 3.95. The number of sulfonamides is 1. The van der Waals surface area contributed by atoms with E-state index in [-0.39, 0.29) is 10.7 Å². The molecule has 0 fully saturated rings. The Hall–Kier alpha value is -1.67. The van der Waals surface area contributed by atoms with Gasteiger partial charge in [0.15, 0.2) is 0 Å². The van der Waals surface area contributed by atoms with Gasteiger partial charge in [-0.1, -0.05) is 29.8 Å². The average Bonchev–Trinajstić information content (AvgIpc) is 2.47. The molecule has 0 saturated heterocycles. The summed E-state index contributed by atoms with van der Waals surface area (Å²) in [5.74, 6) is 5.50. The molecule has 112 valence electrons. The van der Waals surface area contributed by atoms with Gasteiger partial charge >= 0.3 is 0 Å². The highest BCUT2D eigenvalue weighted by Crippen LogP contribution is 2.24. The van der Waals surface area contributed by atoms with Crippen molar-refractivity contribution >= 4 is 27.4 Å². The molecule has 1 aromatic heterocycles. The maximum absolute atomic E-state index is 12.3. The van der Waals surface area contributed by atoms with Crippen LogP contribution in [0.15, 0.2) is 47.5 Å². The van der Waals surface area contributed by atoms with Crippen LogP contribution in [-0.2, 0) is 10.0 Å². The van der Waals surface area contributed by atoms with Gasteiger partial charge in [0.25, 0.3) is 0 Å². The second-order valence-electron chi connectivity index (χ2n) is 4.39. The molecule has 0 aliphatic rings. The molecule has 1 heterocycles. The first-order chi connectivity index (χ1) is 9.94. The number of pyridine rings is 1. The van der Waals surface area contributed by atoms with E-state index in [0.29, 0.717) is 10.6 Å². The van der Waals surface area contributed by atoms with Crippen LogP contribution in [0.2, 0.25) is 5.02 Å². The van der Waals surface area contributed by atoms with E-state index in [1.807, 2.05) is 0 Å².